The summed E-state index contributed by atoms with van der Waals surface area (Å²) < 4.78 is 0.984. The van der Waals surface area contributed by atoms with E-state index in [9.17, 15) is 4.79 Å². The first kappa shape index (κ1) is 12.6. The highest BCUT2D eigenvalue weighted by Gasteiger charge is 2.26. The molecule has 0 unspecified atom stereocenters. The summed E-state index contributed by atoms with van der Waals surface area (Å²) in [6, 6.07) is 5.75. The lowest BCUT2D eigenvalue weighted by molar-refractivity contribution is 0.0787. The second-order valence-corrected chi connectivity index (χ2v) is 5.41. The van der Waals surface area contributed by atoms with Gasteiger partial charge in [0.05, 0.1) is 0 Å². The van der Waals surface area contributed by atoms with Gasteiger partial charge < -0.3 is 10.6 Å². The quantitative estimate of drug-likeness (QED) is 0.909. The third-order valence-electron chi connectivity index (χ3n) is 3.40. The van der Waals surface area contributed by atoms with Crippen LogP contribution in [0.5, 0.6) is 0 Å². The summed E-state index contributed by atoms with van der Waals surface area (Å²) in [5.41, 5.74) is 7.44. The lowest BCUT2D eigenvalue weighted by atomic mass is 10.1. The van der Waals surface area contributed by atoms with Crippen molar-refractivity contribution in [1.29, 1.82) is 0 Å². The van der Waals surface area contributed by atoms with Gasteiger partial charge in [0.1, 0.15) is 0 Å². The summed E-state index contributed by atoms with van der Waals surface area (Å²) in [5.74, 6) is 0.589. The Morgan fingerprint density at radius 2 is 2.35 bits per heavy atom. The highest BCUT2D eigenvalue weighted by Crippen LogP contribution is 2.23. The molecule has 1 amide bonds. The van der Waals surface area contributed by atoms with Gasteiger partial charge in [-0.2, -0.15) is 0 Å². The second kappa shape index (κ2) is 5.19. The van der Waals surface area contributed by atoms with Gasteiger partial charge >= 0.3 is 0 Å². The summed E-state index contributed by atoms with van der Waals surface area (Å²) in [6.45, 7) is 4.25. The first-order chi connectivity index (χ1) is 8.13. The summed E-state index contributed by atoms with van der Waals surface area (Å²) in [5, 5.41) is 0. The molecule has 1 atom stereocenters. The molecule has 2 rings (SSSR count). The number of carbonyl (C=O) groups excluding carboxylic acids is 1. The van der Waals surface area contributed by atoms with Crippen LogP contribution in [0.3, 0.4) is 0 Å². The zero-order valence-corrected chi connectivity index (χ0v) is 11.5. The van der Waals surface area contributed by atoms with Crippen LogP contribution in [0.2, 0.25) is 0 Å². The average Bonchev–Trinajstić information content (AvgIpc) is 2.80. The van der Waals surface area contributed by atoms with Gasteiger partial charge in [-0.3, -0.25) is 4.79 Å². The van der Waals surface area contributed by atoms with E-state index in [1.165, 1.54) is 0 Å². The van der Waals surface area contributed by atoms with Crippen molar-refractivity contribution in [1.82, 2.24) is 4.90 Å². The van der Waals surface area contributed by atoms with E-state index in [0.717, 1.165) is 35.1 Å². The summed E-state index contributed by atoms with van der Waals surface area (Å²) in [4.78, 5) is 14.3. The number of benzene rings is 1. The zero-order chi connectivity index (χ0) is 12.4. The van der Waals surface area contributed by atoms with E-state index in [2.05, 4.69) is 15.9 Å². The summed E-state index contributed by atoms with van der Waals surface area (Å²) >= 11 is 3.46. The van der Waals surface area contributed by atoms with E-state index in [-0.39, 0.29) is 5.91 Å². The first-order valence-corrected chi connectivity index (χ1v) is 6.67. The number of carbonyl (C=O) groups is 1. The van der Waals surface area contributed by atoms with Crippen molar-refractivity contribution in [2.24, 2.45) is 11.7 Å². The van der Waals surface area contributed by atoms with Crippen LogP contribution in [0.1, 0.15) is 22.3 Å². The molecule has 92 valence electrons. The lowest BCUT2D eigenvalue weighted by Gasteiger charge is -2.18. The van der Waals surface area contributed by atoms with Crippen LogP contribution in [0.25, 0.3) is 0 Å². The minimum absolute atomic E-state index is 0.125. The maximum Gasteiger partial charge on any atom is 0.254 e. The van der Waals surface area contributed by atoms with Crippen LogP contribution in [0, 0.1) is 12.8 Å². The van der Waals surface area contributed by atoms with Crippen LogP contribution >= 0.6 is 15.9 Å². The largest absolute Gasteiger partial charge is 0.338 e. The number of rotatable bonds is 2. The molecule has 1 aliphatic heterocycles. The number of likely N-dealkylation sites (tertiary alicyclic amines) is 1. The smallest absolute Gasteiger partial charge is 0.254 e. The fraction of sp³-hybridized carbons (Fsp3) is 0.462. The molecule has 0 aliphatic carbocycles. The van der Waals surface area contributed by atoms with Crippen molar-refractivity contribution in [3.8, 4) is 0 Å². The predicted octanol–water partition coefficient (Wildman–Crippen LogP) is 2.18. The van der Waals surface area contributed by atoms with E-state index in [0.29, 0.717) is 12.5 Å². The van der Waals surface area contributed by atoms with E-state index in [4.69, 9.17) is 5.73 Å². The Morgan fingerprint density at radius 3 is 3.00 bits per heavy atom. The molecular weight excluding hydrogens is 280 g/mol. The van der Waals surface area contributed by atoms with Crippen LogP contribution in [-0.2, 0) is 0 Å². The topological polar surface area (TPSA) is 46.3 Å². The van der Waals surface area contributed by atoms with Crippen LogP contribution in [0.4, 0.5) is 0 Å². The minimum Gasteiger partial charge on any atom is -0.338 e. The van der Waals surface area contributed by atoms with E-state index in [1.54, 1.807) is 0 Å². The monoisotopic (exact) mass is 296 g/mol. The van der Waals surface area contributed by atoms with Gasteiger partial charge in [0.2, 0.25) is 0 Å². The molecule has 1 aromatic rings. The van der Waals surface area contributed by atoms with Gasteiger partial charge in [-0.1, -0.05) is 22.0 Å². The van der Waals surface area contributed by atoms with Crippen molar-refractivity contribution in [2.45, 2.75) is 13.3 Å². The molecule has 1 aromatic carbocycles. The third kappa shape index (κ3) is 2.53. The Bertz CT molecular complexity index is 433. The maximum atomic E-state index is 12.3. The Balaban J connectivity index is 2.18. The van der Waals surface area contributed by atoms with Crippen LogP contribution in [0.15, 0.2) is 22.7 Å². The number of nitrogens with zero attached hydrogens (tertiary/aromatic N) is 1. The van der Waals surface area contributed by atoms with E-state index >= 15 is 0 Å². The number of amides is 1. The van der Waals surface area contributed by atoms with Crippen molar-refractivity contribution in [3.63, 3.8) is 0 Å². The normalized spacial score (nSPS) is 19.7. The molecule has 0 bridgehead atoms. The van der Waals surface area contributed by atoms with E-state index < -0.39 is 0 Å². The van der Waals surface area contributed by atoms with Crippen molar-refractivity contribution < 1.29 is 4.79 Å². The lowest BCUT2D eigenvalue weighted by Crippen LogP contribution is -2.30. The Morgan fingerprint density at radius 1 is 1.59 bits per heavy atom. The van der Waals surface area contributed by atoms with Gasteiger partial charge in [0.25, 0.3) is 5.91 Å². The minimum atomic E-state index is 0.125. The molecule has 17 heavy (non-hydrogen) atoms. The van der Waals surface area contributed by atoms with Crippen molar-refractivity contribution in [3.05, 3.63) is 33.8 Å². The number of nitrogens with two attached hydrogens (primary N) is 1. The molecule has 0 aromatic heterocycles. The molecule has 0 spiro atoms. The molecule has 0 radical (unpaired) electrons. The molecule has 1 aliphatic rings. The third-order valence-corrected chi connectivity index (χ3v) is 4.26. The van der Waals surface area contributed by atoms with Gasteiger partial charge in [-0.25, -0.2) is 0 Å². The predicted molar refractivity (Wildman–Crippen MR) is 71.9 cm³/mol. The molecular formula is C13H17BrN2O. The molecule has 0 saturated carbocycles. The van der Waals surface area contributed by atoms with Crippen LogP contribution < -0.4 is 5.73 Å². The Kier molecular flexibility index (Phi) is 3.84. The zero-order valence-electron chi connectivity index (χ0n) is 9.95. The molecule has 3 nitrogen and oxygen atoms in total. The summed E-state index contributed by atoms with van der Waals surface area (Å²) in [7, 11) is 0. The SMILES string of the molecule is Cc1c(Br)cccc1C(=O)N1CC[C@H](CN)C1. The van der Waals surface area contributed by atoms with Gasteiger partial charge in [0, 0.05) is 23.1 Å². The molecule has 2 N–H and O–H groups in total. The van der Waals surface area contributed by atoms with E-state index in [1.807, 2.05) is 30.0 Å². The molecule has 1 saturated heterocycles. The Labute approximate surface area is 110 Å². The number of halogens is 1. The van der Waals surface area contributed by atoms with Crippen LogP contribution in [-0.4, -0.2) is 30.4 Å². The second-order valence-electron chi connectivity index (χ2n) is 4.55. The fourth-order valence-corrected chi connectivity index (χ4v) is 2.59. The number of hydrogen-bond donors (Lipinski definition) is 1. The maximum absolute atomic E-state index is 12.3. The fourth-order valence-electron chi connectivity index (χ4n) is 2.22. The van der Waals surface area contributed by atoms with Gasteiger partial charge in [0.15, 0.2) is 0 Å². The molecule has 1 heterocycles. The van der Waals surface area contributed by atoms with Crippen molar-refractivity contribution in [2.75, 3.05) is 19.6 Å². The average molecular weight is 297 g/mol. The van der Waals surface area contributed by atoms with Crippen molar-refractivity contribution >= 4 is 21.8 Å². The molecule has 4 heteroatoms. The molecule has 1 fully saturated rings. The first-order valence-electron chi connectivity index (χ1n) is 5.88. The summed E-state index contributed by atoms with van der Waals surface area (Å²) in [6.07, 6.45) is 1.02. The highest BCUT2D eigenvalue weighted by atomic mass is 79.9. The van der Waals surface area contributed by atoms with Gasteiger partial charge in [-0.05, 0) is 43.5 Å². The highest BCUT2D eigenvalue weighted by molar-refractivity contribution is 9.10. The Hall–Kier alpha value is -0.870. The number of hydrogen-bond acceptors (Lipinski definition) is 2. The standard InChI is InChI=1S/C13H17BrN2O/c1-9-11(3-2-4-12(9)14)13(17)16-6-5-10(7-15)8-16/h2-4,10H,5-8,15H2,1H3/t10-/m1/s1. The van der Waals surface area contributed by atoms with Gasteiger partial charge in [-0.15, -0.1) is 0 Å².